The average Bonchev–Trinajstić information content (AvgIpc) is 1.94. The van der Waals surface area contributed by atoms with E-state index in [4.69, 9.17) is 16.7 Å². The molecule has 1 unspecified atom stereocenters. The largest absolute Gasteiger partial charge is 0.387 e. The predicted octanol–water partition coefficient (Wildman–Crippen LogP) is 1.32. The lowest BCUT2D eigenvalue weighted by Crippen LogP contribution is -2.01. The molecule has 0 radical (unpaired) electrons. The van der Waals surface area contributed by atoms with Crippen LogP contribution in [0.3, 0.4) is 0 Å². The van der Waals surface area contributed by atoms with Gasteiger partial charge >= 0.3 is 0 Å². The van der Waals surface area contributed by atoms with Gasteiger partial charge in [0.15, 0.2) is 11.0 Å². The van der Waals surface area contributed by atoms with Crippen molar-refractivity contribution in [3.63, 3.8) is 0 Å². The van der Waals surface area contributed by atoms with Crippen LogP contribution >= 0.6 is 11.6 Å². The summed E-state index contributed by atoms with van der Waals surface area (Å²) in [5, 5.41) is 8.67. The van der Waals surface area contributed by atoms with Crippen molar-refractivity contribution in [1.29, 1.82) is 0 Å². The number of aliphatic hydroxyl groups excluding tert-OH is 1. The van der Waals surface area contributed by atoms with E-state index in [-0.39, 0.29) is 10.8 Å². The average molecular weight is 177 g/mol. The Morgan fingerprint density at radius 2 is 2.27 bits per heavy atom. The molecule has 60 valence electrons. The van der Waals surface area contributed by atoms with E-state index in [1.807, 2.05) is 0 Å². The van der Waals surface area contributed by atoms with E-state index in [1.165, 1.54) is 6.92 Å². The summed E-state index contributed by atoms with van der Waals surface area (Å²) in [6.45, 7) is 1.40. The van der Waals surface area contributed by atoms with Gasteiger partial charge in [0.2, 0.25) is 0 Å². The SMILES string of the molecule is CC(O)c1ncnc(Cl)c1F. The zero-order valence-electron chi connectivity index (χ0n) is 5.75. The van der Waals surface area contributed by atoms with Crippen LogP contribution in [0, 0.1) is 5.82 Å². The van der Waals surface area contributed by atoms with Gasteiger partial charge in [-0.3, -0.25) is 0 Å². The summed E-state index contributed by atoms with van der Waals surface area (Å²) in [4.78, 5) is 6.91. The van der Waals surface area contributed by atoms with Gasteiger partial charge in [0.25, 0.3) is 0 Å². The minimum absolute atomic E-state index is 0.0787. The van der Waals surface area contributed by atoms with Crippen LogP contribution in [0.1, 0.15) is 18.7 Å². The van der Waals surface area contributed by atoms with Crippen LogP contribution < -0.4 is 0 Å². The Morgan fingerprint density at radius 1 is 1.64 bits per heavy atom. The number of hydrogen-bond donors (Lipinski definition) is 1. The Labute approximate surface area is 67.9 Å². The van der Waals surface area contributed by atoms with E-state index in [9.17, 15) is 4.39 Å². The monoisotopic (exact) mass is 176 g/mol. The fraction of sp³-hybridized carbons (Fsp3) is 0.333. The van der Waals surface area contributed by atoms with Crippen molar-refractivity contribution in [2.75, 3.05) is 0 Å². The van der Waals surface area contributed by atoms with Gasteiger partial charge in [0, 0.05) is 0 Å². The topological polar surface area (TPSA) is 46.0 Å². The molecule has 0 amide bonds. The number of halogens is 2. The molecule has 0 aliphatic rings. The minimum atomic E-state index is -0.963. The van der Waals surface area contributed by atoms with Gasteiger partial charge in [-0.2, -0.15) is 0 Å². The third-order valence-corrected chi connectivity index (χ3v) is 1.43. The first-order chi connectivity index (χ1) is 5.13. The van der Waals surface area contributed by atoms with Crippen molar-refractivity contribution in [3.8, 4) is 0 Å². The molecular weight excluding hydrogens is 171 g/mol. The Balaban J connectivity index is 3.17. The van der Waals surface area contributed by atoms with Gasteiger partial charge in [-0.05, 0) is 6.92 Å². The zero-order valence-corrected chi connectivity index (χ0v) is 6.51. The maximum Gasteiger partial charge on any atom is 0.184 e. The molecule has 0 bridgehead atoms. The lowest BCUT2D eigenvalue weighted by atomic mass is 10.3. The van der Waals surface area contributed by atoms with E-state index < -0.39 is 11.9 Å². The van der Waals surface area contributed by atoms with Crippen LogP contribution in [-0.4, -0.2) is 15.1 Å². The minimum Gasteiger partial charge on any atom is -0.387 e. The van der Waals surface area contributed by atoms with Crippen LogP contribution in [0.5, 0.6) is 0 Å². The zero-order chi connectivity index (χ0) is 8.43. The Bertz CT molecular complexity index is 267. The summed E-state index contributed by atoms with van der Waals surface area (Å²) >= 11 is 5.32. The van der Waals surface area contributed by atoms with Crippen LogP contribution in [0.4, 0.5) is 4.39 Å². The highest BCUT2D eigenvalue weighted by Crippen LogP contribution is 2.17. The van der Waals surface area contributed by atoms with Crippen LogP contribution in [-0.2, 0) is 0 Å². The smallest absolute Gasteiger partial charge is 0.184 e. The third kappa shape index (κ3) is 1.64. The summed E-state index contributed by atoms with van der Waals surface area (Å²) in [7, 11) is 0. The molecule has 1 N–H and O–H groups in total. The molecule has 11 heavy (non-hydrogen) atoms. The molecule has 0 saturated heterocycles. The summed E-state index contributed by atoms with van der Waals surface area (Å²) in [5.74, 6) is -0.760. The predicted molar refractivity (Wildman–Crippen MR) is 37.6 cm³/mol. The van der Waals surface area contributed by atoms with Gasteiger partial charge in [-0.15, -0.1) is 0 Å². The Kier molecular flexibility index (Phi) is 2.36. The van der Waals surface area contributed by atoms with Crippen LogP contribution in [0.25, 0.3) is 0 Å². The maximum atomic E-state index is 12.8. The summed E-state index contributed by atoms with van der Waals surface area (Å²) < 4.78 is 12.8. The highest BCUT2D eigenvalue weighted by Gasteiger charge is 2.12. The second kappa shape index (κ2) is 3.11. The van der Waals surface area contributed by atoms with Crippen molar-refractivity contribution in [1.82, 2.24) is 9.97 Å². The molecule has 1 aromatic heterocycles. The van der Waals surface area contributed by atoms with E-state index in [2.05, 4.69) is 9.97 Å². The second-order valence-electron chi connectivity index (χ2n) is 2.04. The molecule has 0 spiro atoms. The molecule has 3 nitrogen and oxygen atoms in total. The molecule has 0 fully saturated rings. The lowest BCUT2D eigenvalue weighted by molar-refractivity contribution is 0.188. The van der Waals surface area contributed by atoms with Crippen molar-refractivity contribution in [3.05, 3.63) is 23.0 Å². The quantitative estimate of drug-likeness (QED) is 0.657. The molecule has 0 aromatic carbocycles. The van der Waals surface area contributed by atoms with Crippen molar-refractivity contribution in [2.45, 2.75) is 13.0 Å². The first-order valence-electron chi connectivity index (χ1n) is 2.97. The second-order valence-corrected chi connectivity index (χ2v) is 2.40. The van der Waals surface area contributed by atoms with Gasteiger partial charge in [0.05, 0.1) is 6.10 Å². The van der Waals surface area contributed by atoms with Gasteiger partial charge < -0.3 is 5.11 Å². The molecule has 0 aliphatic heterocycles. The summed E-state index contributed by atoms with van der Waals surface area (Å²) in [6.07, 6.45) is 0.142. The summed E-state index contributed by atoms with van der Waals surface area (Å²) in [5.41, 5.74) is -0.0787. The molecular formula is C6H6ClFN2O. The number of rotatable bonds is 1. The van der Waals surface area contributed by atoms with Crippen molar-refractivity contribution >= 4 is 11.6 Å². The Hall–Kier alpha value is -0.740. The molecule has 0 saturated carbocycles. The van der Waals surface area contributed by atoms with E-state index >= 15 is 0 Å². The molecule has 0 aliphatic carbocycles. The first kappa shape index (κ1) is 8.36. The summed E-state index contributed by atoms with van der Waals surface area (Å²) in [6, 6.07) is 0. The van der Waals surface area contributed by atoms with Crippen molar-refractivity contribution < 1.29 is 9.50 Å². The number of nitrogens with zero attached hydrogens (tertiary/aromatic N) is 2. The van der Waals surface area contributed by atoms with Gasteiger partial charge in [-0.1, -0.05) is 11.6 Å². The molecule has 1 heterocycles. The van der Waals surface area contributed by atoms with Crippen molar-refractivity contribution in [2.24, 2.45) is 0 Å². The van der Waals surface area contributed by atoms with E-state index in [1.54, 1.807) is 0 Å². The normalized spacial score (nSPS) is 13.1. The van der Waals surface area contributed by atoms with E-state index in [0.29, 0.717) is 0 Å². The lowest BCUT2D eigenvalue weighted by Gasteiger charge is -2.03. The highest BCUT2D eigenvalue weighted by molar-refractivity contribution is 6.29. The van der Waals surface area contributed by atoms with Gasteiger partial charge in [0.1, 0.15) is 12.0 Å². The fourth-order valence-electron chi connectivity index (χ4n) is 0.652. The van der Waals surface area contributed by atoms with Gasteiger partial charge in [-0.25, -0.2) is 14.4 Å². The van der Waals surface area contributed by atoms with E-state index in [0.717, 1.165) is 6.33 Å². The number of hydrogen-bond acceptors (Lipinski definition) is 3. The maximum absolute atomic E-state index is 12.8. The highest BCUT2D eigenvalue weighted by atomic mass is 35.5. The Morgan fingerprint density at radius 3 is 2.73 bits per heavy atom. The molecule has 5 heteroatoms. The standard InChI is InChI=1S/C6H6ClFN2O/c1-3(11)5-4(8)6(7)10-2-9-5/h2-3,11H,1H3. The third-order valence-electron chi connectivity index (χ3n) is 1.17. The molecule has 1 rings (SSSR count). The number of aromatic nitrogens is 2. The first-order valence-corrected chi connectivity index (χ1v) is 3.34. The molecule has 1 aromatic rings. The fourth-order valence-corrected chi connectivity index (χ4v) is 0.793. The van der Waals surface area contributed by atoms with Crippen LogP contribution in [0.2, 0.25) is 5.15 Å². The number of aliphatic hydroxyl groups is 1. The van der Waals surface area contributed by atoms with Crippen LogP contribution in [0.15, 0.2) is 6.33 Å². The molecule has 1 atom stereocenters.